The second-order valence-corrected chi connectivity index (χ2v) is 9.63. The van der Waals surface area contributed by atoms with Gasteiger partial charge in [-0.25, -0.2) is 26.2 Å². The van der Waals surface area contributed by atoms with Crippen LogP contribution in [0.15, 0.2) is 42.7 Å². The Morgan fingerprint density at radius 3 is 2.55 bits per heavy atom. The highest BCUT2D eigenvalue weighted by Crippen LogP contribution is 2.35. The molecule has 3 aromatic rings. The molecule has 1 aliphatic rings. The van der Waals surface area contributed by atoms with Gasteiger partial charge < -0.3 is 9.64 Å². The molecule has 9 heteroatoms. The van der Waals surface area contributed by atoms with Gasteiger partial charge in [0.25, 0.3) is 0 Å². The lowest BCUT2D eigenvalue weighted by molar-refractivity contribution is 0.0181. The first-order valence-corrected chi connectivity index (χ1v) is 11.2. The smallest absolute Gasteiger partial charge is 0.416 e. The number of benzene rings is 2. The minimum Gasteiger partial charge on any atom is -0.444 e. The highest BCUT2D eigenvalue weighted by atomic mass is 35.5. The number of aromatic nitrogens is 2. The first-order valence-electron chi connectivity index (χ1n) is 10.5. The van der Waals surface area contributed by atoms with Gasteiger partial charge in [-0.05, 0) is 50.6 Å². The van der Waals surface area contributed by atoms with Crippen molar-refractivity contribution in [1.82, 2.24) is 14.9 Å². The van der Waals surface area contributed by atoms with Crippen LogP contribution in [0.5, 0.6) is 0 Å². The summed E-state index contributed by atoms with van der Waals surface area (Å²) in [5.74, 6) is 0.698. The molecule has 1 atom stereocenters. The summed E-state index contributed by atoms with van der Waals surface area (Å²) in [6.07, 6.45) is 0.331. The summed E-state index contributed by atoms with van der Waals surface area (Å²) in [4.78, 5) is 28.7. The summed E-state index contributed by atoms with van der Waals surface area (Å²) >= 11 is 12.6. The molecular weight excluding hydrogens is 461 g/mol. The van der Waals surface area contributed by atoms with Crippen LogP contribution in [0.2, 0.25) is 10.0 Å². The monoisotopic (exact) mass is 483 g/mol. The van der Waals surface area contributed by atoms with Crippen LogP contribution in [0, 0.1) is 6.57 Å². The van der Waals surface area contributed by atoms with Crippen molar-refractivity contribution in [3.63, 3.8) is 0 Å². The van der Waals surface area contributed by atoms with Gasteiger partial charge >= 0.3 is 12.3 Å². The first kappa shape index (κ1) is 23.1. The number of ether oxygens (including phenoxy) is 1. The summed E-state index contributed by atoms with van der Waals surface area (Å²) in [7, 11) is 0. The van der Waals surface area contributed by atoms with Gasteiger partial charge in [0.15, 0.2) is 0 Å². The van der Waals surface area contributed by atoms with E-state index < -0.39 is 17.9 Å². The molecule has 0 radical (unpaired) electrons. The molecule has 1 fully saturated rings. The number of rotatable bonds is 2. The Kier molecular flexibility index (Phi) is 6.33. The number of halogens is 2. The number of fused-ring (bicyclic) bond motifs is 1. The van der Waals surface area contributed by atoms with E-state index >= 15 is 0 Å². The van der Waals surface area contributed by atoms with E-state index in [-0.39, 0.29) is 0 Å². The quantitative estimate of drug-likeness (QED) is 0.424. The summed E-state index contributed by atoms with van der Waals surface area (Å²) in [6.45, 7) is 14.3. The SMILES string of the molecule is [C-]#[N+]C1CN(c2ncnc3cc(Cl)c(-c4ccc(Cl)cc4)cc23)CCN1C(=O)OC(C)(C)C. The number of anilines is 1. The third kappa shape index (κ3) is 4.97. The lowest BCUT2D eigenvalue weighted by Crippen LogP contribution is -2.55. The second-order valence-electron chi connectivity index (χ2n) is 8.78. The molecule has 0 spiro atoms. The fourth-order valence-electron chi connectivity index (χ4n) is 3.77. The topological polar surface area (TPSA) is 62.9 Å². The van der Waals surface area contributed by atoms with E-state index in [0.717, 1.165) is 16.5 Å². The molecule has 1 aliphatic heterocycles. The summed E-state index contributed by atoms with van der Waals surface area (Å²) in [5.41, 5.74) is 1.85. The summed E-state index contributed by atoms with van der Waals surface area (Å²) in [5, 5.41) is 2.04. The number of carbonyl (C=O) groups excluding carboxylic acids is 1. The van der Waals surface area contributed by atoms with Crippen molar-refractivity contribution < 1.29 is 9.53 Å². The summed E-state index contributed by atoms with van der Waals surface area (Å²) in [6, 6.07) is 11.2. The molecule has 1 saturated heterocycles. The van der Waals surface area contributed by atoms with Gasteiger partial charge in [-0.3, -0.25) is 4.85 Å². The Hall–Kier alpha value is -3.08. The van der Waals surface area contributed by atoms with Gasteiger partial charge in [-0.15, -0.1) is 0 Å². The van der Waals surface area contributed by atoms with Crippen LogP contribution >= 0.6 is 23.2 Å². The maximum absolute atomic E-state index is 12.6. The molecule has 1 unspecified atom stereocenters. The molecule has 0 bridgehead atoms. The number of hydrogen-bond acceptors (Lipinski definition) is 5. The molecule has 1 aromatic heterocycles. The van der Waals surface area contributed by atoms with Crippen LogP contribution in [0.4, 0.5) is 10.6 Å². The average Bonchev–Trinajstić information content (AvgIpc) is 2.77. The number of amides is 1. The van der Waals surface area contributed by atoms with Gasteiger partial charge in [0.05, 0.1) is 10.5 Å². The number of piperazine rings is 1. The van der Waals surface area contributed by atoms with Crippen LogP contribution in [0.1, 0.15) is 20.8 Å². The number of nitrogens with zero attached hydrogens (tertiary/aromatic N) is 5. The molecule has 2 aromatic carbocycles. The standard InChI is InChI=1S/C24H23Cl2N5O2/c1-24(2,3)33-23(32)31-10-9-30(13-21(31)27-4)22-18-11-17(15-5-7-16(25)8-6-15)19(26)12-20(18)28-14-29-22/h5-8,11-12,14,21H,9-10,13H2,1-3H3. The second kappa shape index (κ2) is 9.05. The molecule has 7 nitrogen and oxygen atoms in total. The normalized spacial score (nSPS) is 16.5. The molecular formula is C24H23Cl2N5O2. The molecule has 0 N–H and O–H groups in total. The van der Waals surface area contributed by atoms with Crippen molar-refractivity contribution in [2.24, 2.45) is 0 Å². The maximum Gasteiger partial charge on any atom is 0.416 e. The van der Waals surface area contributed by atoms with E-state index in [0.29, 0.717) is 41.0 Å². The predicted molar refractivity (Wildman–Crippen MR) is 131 cm³/mol. The lowest BCUT2D eigenvalue weighted by atomic mass is 10.0. The molecule has 0 aliphatic carbocycles. The average molecular weight is 484 g/mol. The Morgan fingerprint density at radius 2 is 1.88 bits per heavy atom. The van der Waals surface area contributed by atoms with Gasteiger partial charge in [-0.2, -0.15) is 0 Å². The van der Waals surface area contributed by atoms with Crippen molar-refractivity contribution in [2.45, 2.75) is 32.5 Å². The van der Waals surface area contributed by atoms with Crippen molar-refractivity contribution in [3.05, 3.63) is 64.2 Å². The zero-order valence-corrected chi connectivity index (χ0v) is 20.1. The van der Waals surface area contributed by atoms with Crippen molar-refractivity contribution >= 4 is 46.0 Å². The molecule has 4 rings (SSSR count). The fraction of sp³-hybridized carbons (Fsp3) is 0.333. The van der Waals surface area contributed by atoms with E-state index in [4.69, 9.17) is 34.5 Å². The molecule has 170 valence electrons. The number of carbonyl (C=O) groups is 1. The van der Waals surface area contributed by atoms with E-state index in [1.54, 1.807) is 0 Å². The predicted octanol–water partition coefficient (Wildman–Crippen LogP) is 5.91. The Balaban J connectivity index is 1.67. The Bertz CT molecular complexity index is 1230. The van der Waals surface area contributed by atoms with Gasteiger partial charge in [-0.1, -0.05) is 35.3 Å². The zero-order valence-electron chi connectivity index (χ0n) is 18.5. The van der Waals surface area contributed by atoms with Crippen molar-refractivity contribution in [2.75, 3.05) is 24.5 Å². The molecule has 33 heavy (non-hydrogen) atoms. The first-order chi connectivity index (χ1) is 15.7. The third-order valence-corrected chi connectivity index (χ3v) is 5.85. The van der Waals surface area contributed by atoms with Gasteiger partial charge in [0.1, 0.15) is 24.3 Å². The van der Waals surface area contributed by atoms with Crippen LogP contribution in [0.3, 0.4) is 0 Å². The number of hydrogen-bond donors (Lipinski definition) is 0. The van der Waals surface area contributed by atoms with Gasteiger partial charge in [0, 0.05) is 29.1 Å². The minimum atomic E-state index is -0.679. The maximum atomic E-state index is 12.6. The Labute approximate surface area is 202 Å². The van der Waals surface area contributed by atoms with Crippen LogP contribution in [-0.2, 0) is 4.74 Å². The third-order valence-electron chi connectivity index (χ3n) is 5.29. The largest absolute Gasteiger partial charge is 0.444 e. The zero-order chi connectivity index (χ0) is 23.8. The Morgan fingerprint density at radius 1 is 1.15 bits per heavy atom. The van der Waals surface area contributed by atoms with E-state index in [9.17, 15) is 4.79 Å². The molecule has 0 saturated carbocycles. The fourth-order valence-corrected chi connectivity index (χ4v) is 4.16. The highest BCUT2D eigenvalue weighted by Gasteiger charge is 2.38. The molecule has 2 heterocycles. The van der Waals surface area contributed by atoms with E-state index in [1.807, 2.05) is 62.1 Å². The van der Waals surface area contributed by atoms with Crippen LogP contribution in [-0.4, -0.2) is 52.4 Å². The van der Waals surface area contributed by atoms with Crippen molar-refractivity contribution in [3.8, 4) is 11.1 Å². The van der Waals surface area contributed by atoms with Crippen molar-refractivity contribution in [1.29, 1.82) is 0 Å². The van der Waals surface area contributed by atoms with Crippen LogP contribution in [0.25, 0.3) is 26.9 Å². The lowest BCUT2D eigenvalue weighted by Gasteiger charge is -2.36. The van der Waals surface area contributed by atoms with E-state index in [2.05, 4.69) is 14.8 Å². The minimum absolute atomic E-state index is 0.313. The van der Waals surface area contributed by atoms with E-state index in [1.165, 1.54) is 11.2 Å². The van der Waals surface area contributed by atoms with Crippen LogP contribution < -0.4 is 4.90 Å². The van der Waals surface area contributed by atoms with Gasteiger partial charge in [0.2, 0.25) is 0 Å². The highest BCUT2D eigenvalue weighted by molar-refractivity contribution is 6.34. The summed E-state index contributed by atoms with van der Waals surface area (Å²) < 4.78 is 5.48. The molecule has 1 amide bonds.